The summed E-state index contributed by atoms with van der Waals surface area (Å²) in [6.07, 6.45) is 1.86. The molecule has 1 amide bonds. The molecule has 1 unspecified atom stereocenters. The minimum absolute atomic E-state index is 0.223. The van der Waals surface area contributed by atoms with Crippen molar-refractivity contribution in [2.45, 2.75) is 13.0 Å². The van der Waals surface area contributed by atoms with E-state index < -0.39 is 12.0 Å². The van der Waals surface area contributed by atoms with Gasteiger partial charge in [-0.15, -0.1) is 0 Å². The Kier molecular flexibility index (Phi) is 5.53. The van der Waals surface area contributed by atoms with Crippen LogP contribution in [0.25, 0.3) is 0 Å². The molecule has 0 radical (unpaired) electrons. The maximum Gasteiger partial charge on any atom is 0.329 e. The number of ether oxygens (including phenoxy) is 1. The second-order valence-electron chi connectivity index (χ2n) is 2.23. The highest BCUT2D eigenvalue weighted by Crippen LogP contribution is 1.98. The number of esters is 1. The molecule has 0 aromatic rings. The highest BCUT2D eigenvalue weighted by atomic mass is 32.2. The van der Waals surface area contributed by atoms with Crippen LogP contribution in [0.2, 0.25) is 0 Å². The second kappa shape index (κ2) is 5.88. The van der Waals surface area contributed by atoms with Gasteiger partial charge in [0.2, 0.25) is 5.91 Å². The third-order valence-corrected chi connectivity index (χ3v) is 1.86. The summed E-state index contributed by atoms with van der Waals surface area (Å²) in [4.78, 5) is 21.6. The Hall–Kier alpha value is -0.710. The molecule has 0 aliphatic rings. The van der Waals surface area contributed by atoms with E-state index >= 15 is 0 Å². The molecule has 0 spiro atoms. The number of hydrogen-bond acceptors (Lipinski definition) is 4. The van der Waals surface area contributed by atoms with E-state index in [-0.39, 0.29) is 5.91 Å². The molecule has 1 atom stereocenters. The predicted molar refractivity (Wildman–Crippen MR) is 48.0 cm³/mol. The lowest BCUT2D eigenvalue weighted by atomic mass is 10.3. The Morgan fingerprint density at radius 1 is 1.58 bits per heavy atom. The van der Waals surface area contributed by atoms with E-state index in [4.69, 9.17) is 0 Å². The molecule has 0 heterocycles. The second-order valence-corrected chi connectivity index (χ2v) is 3.14. The van der Waals surface area contributed by atoms with E-state index in [0.717, 1.165) is 0 Å². The van der Waals surface area contributed by atoms with Gasteiger partial charge in [-0.05, 0) is 6.26 Å². The van der Waals surface area contributed by atoms with Gasteiger partial charge in [-0.3, -0.25) is 4.79 Å². The fourth-order valence-electron chi connectivity index (χ4n) is 0.723. The Labute approximate surface area is 76.0 Å². The number of thioether (sulfide) groups is 1. The van der Waals surface area contributed by atoms with E-state index in [1.54, 1.807) is 0 Å². The maximum atomic E-state index is 11.0. The molecule has 0 aromatic carbocycles. The smallest absolute Gasteiger partial charge is 0.329 e. The largest absolute Gasteiger partial charge is 0.467 e. The summed E-state index contributed by atoms with van der Waals surface area (Å²) in [6, 6.07) is -0.525. The molecule has 4 nitrogen and oxygen atoms in total. The van der Waals surface area contributed by atoms with Crippen molar-refractivity contribution in [1.82, 2.24) is 5.32 Å². The van der Waals surface area contributed by atoms with Gasteiger partial charge in [-0.25, -0.2) is 4.79 Å². The first kappa shape index (κ1) is 11.3. The maximum absolute atomic E-state index is 11.0. The van der Waals surface area contributed by atoms with Gasteiger partial charge in [0.15, 0.2) is 0 Å². The highest BCUT2D eigenvalue weighted by Gasteiger charge is 2.18. The van der Waals surface area contributed by atoms with Crippen molar-refractivity contribution >= 4 is 23.6 Å². The molecular formula is C7H13NO3S. The molecule has 70 valence electrons. The van der Waals surface area contributed by atoms with Crippen molar-refractivity contribution in [3.8, 4) is 0 Å². The van der Waals surface area contributed by atoms with E-state index in [2.05, 4.69) is 10.1 Å². The highest BCUT2D eigenvalue weighted by molar-refractivity contribution is 7.98. The average molecular weight is 191 g/mol. The lowest BCUT2D eigenvalue weighted by Gasteiger charge is -2.13. The fourth-order valence-corrected chi connectivity index (χ4v) is 1.28. The van der Waals surface area contributed by atoms with Crippen LogP contribution < -0.4 is 5.32 Å². The van der Waals surface area contributed by atoms with E-state index in [0.29, 0.717) is 5.75 Å². The molecule has 0 saturated carbocycles. The Bertz CT molecular complexity index is 172. The summed E-state index contributed by atoms with van der Waals surface area (Å²) in [5.41, 5.74) is 0. The molecule has 0 fully saturated rings. The molecule has 1 N–H and O–H groups in total. The van der Waals surface area contributed by atoms with Gasteiger partial charge in [-0.1, -0.05) is 0 Å². The van der Waals surface area contributed by atoms with Gasteiger partial charge < -0.3 is 10.1 Å². The normalized spacial score (nSPS) is 11.9. The van der Waals surface area contributed by atoms with E-state index in [1.807, 2.05) is 6.26 Å². The SMILES string of the molecule is COC(=O)C(CSC)NC(C)=O. The lowest BCUT2D eigenvalue weighted by molar-refractivity contribution is -0.144. The zero-order valence-corrected chi connectivity index (χ0v) is 8.23. The predicted octanol–water partition coefficient (Wildman–Crippen LogP) is 0.0271. The number of methoxy groups -OCH3 is 1. The van der Waals surface area contributed by atoms with Crippen LogP contribution in [-0.2, 0) is 14.3 Å². The first-order chi connectivity index (χ1) is 5.61. The number of amides is 1. The lowest BCUT2D eigenvalue weighted by Crippen LogP contribution is -2.42. The minimum Gasteiger partial charge on any atom is -0.467 e. The minimum atomic E-state index is -0.525. The van der Waals surface area contributed by atoms with Crippen LogP contribution in [-0.4, -0.2) is 37.0 Å². The molecule has 0 saturated heterocycles. The molecule has 0 aliphatic heterocycles. The third kappa shape index (κ3) is 4.23. The van der Waals surface area contributed by atoms with Crippen LogP contribution in [0.1, 0.15) is 6.92 Å². The number of rotatable bonds is 4. The first-order valence-electron chi connectivity index (χ1n) is 3.45. The van der Waals surface area contributed by atoms with Crippen LogP contribution in [0.4, 0.5) is 0 Å². The Morgan fingerprint density at radius 2 is 2.17 bits per heavy atom. The van der Waals surface area contributed by atoms with Crippen LogP contribution in [0.3, 0.4) is 0 Å². The van der Waals surface area contributed by atoms with Crippen LogP contribution in [0.15, 0.2) is 0 Å². The molecular weight excluding hydrogens is 178 g/mol. The first-order valence-corrected chi connectivity index (χ1v) is 4.85. The van der Waals surface area contributed by atoms with Crippen molar-refractivity contribution in [2.24, 2.45) is 0 Å². The number of carbonyl (C=O) groups is 2. The van der Waals surface area contributed by atoms with Crippen LogP contribution in [0.5, 0.6) is 0 Å². The molecule has 5 heteroatoms. The van der Waals surface area contributed by atoms with Crippen LogP contribution >= 0.6 is 11.8 Å². The molecule has 0 aliphatic carbocycles. The van der Waals surface area contributed by atoms with Crippen molar-refractivity contribution in [3.05, 3.63) is 0 Å². The van der Waals surface area contributed by atoms with Gasteiger partial charge in [0.1, 0.15) is 6.04 Å². The number of carbonyl (C=O) groups excluding carboxylic acids is 2. The van der Waals surface area contributed by atoms with Gasteiger partial charge in [-0.2, -0.15) is 11.8 Å². The molecule has 0 bridgehead atoms. The summed E-state index contributed by atoms with van der Waals surface area (Å²) in [5.74, 6) is -0.0919. The van der Waals surface area contributed by atoms with Gasteiger partial charge in [0, 0.05) is 12.7 Å². The summed E-state index contributed by atoms with van der Waals surface area (Å²) >= 11 is 1.48. The summed E-state index contributed by atoms with van der Waals surface area (Å²) in [7, 11) is 1.30. The average Bonchev–Trinajstić information content (AvgIpc) is 2.01. The molecule has 0 rings (SSSR count). The van der Waals surface area contributed by atoms with E-state index in [9.17, 15) is 9.59 Å². The standard InChI is InChI=1S/C7H13NO3S/c1-5(9)8-6(4-12-3)7(10)11-2/h6H,4H2,1-3H3,(H,8,9). The van der Waals surface area contributed by atoms with E-state index in [1.165, 1.54) is 25.8 Å². The quantitative estimate of drug-likeness (QED) is 0.637. The summed E-state index contributed by atoms with van der Waals surface area (Å²) in [6.45, 7) is 1.37. The number of nitrogens with one attached hydrogen (secondary N) is 1. The van der Waals surface area contributed by atoms with Gasteiger partial charge >= 0.3 is 5.97 Å². The monoisotopic (exact) mass is 191 g/mol. The Morgan fingerprint density at radius 3 is 2.50 bits per heavy atom. The topological polar surface area (TPSA) is 55.4 Å². The number of hydrogen-bond donors (Lipinski definition) is 1. The molecule has 0 aromatic heterocycles. The van der Waals surface area contributed by atoms with Crippen LogP contribution in [0, 0.1) is 0 Å². The van der Waals surface area contributed by atoms with Crippen molar-refractivity contribution in [2.75, 3.05) is 19.1 Å². The van der Waals surface area contributed by atoms with Gasteiger partial charge in [0.05, 0.1) is 7.11 Å². The molecule has 12 heavy (non-hydrogen) atoms. The fraction of sp³-hybridized carbons (Fsp3) is 0.714. The third-order valence-electron chi connectivity index (χ3n) is 1.20. The van der Waals surface area contributed by atoms with Gasteiger partial charge in [0.25, 0.3) is 0 Å². The van der Waals surface area contributed by atoms with Crippen molar-refractivity contribution in [3.63, 3.8) is 0 Å². The zero-order chi connectivity index (χ0) is 9.56. The Balaban J connectivity index is 4.02. The summed E-state index contributed by atoms with van der Waals surface area (Å²) in [5, 5.41) is 2.50. The zero-order valence-electron chi connectivity index (χ0n) is 7.42. The summed E-state index contributed by atoms with van der Waals surface area (Å²) < 4.78 is 4.50. The van der Waals surface area contributed by atoms with Crippen molar-refractivity contribution < 1.29 is 14.3 Å². The van der Waals surface area contributed by atoms with Crippen molar-refractivity contribution in [1.29, 1.82) is 0 Å².